The third-order valence-electron chi connectivity index (χ3n) is 2.91. The van der Waals surface area contributed by atoms with Crippen LogP contribution in [0.5, 0.6) is 0 Å². The lowest BCUT2D eigenvalue weighted by atomic mass is 10.0. The predicted molar refractivity (Wildman–Crippen MR) is 75.9 cm³/mol. The Hall–Kier alpha value is -1.66. The van der Waals surface area contributed by atoms with Gasteiger partial charge in [0.05, 0.1) is 11.0 Å². The minimum absolute atomic E-state index is 0.0788. The summed E-state index contributed by atoms with van der Waals surface area (Å²) >= 11 is 5.73. The number of hydrogen-bond donors (Lipinski definition) is 2. The Balaban J connectivity index is 2.74. The number of amides is 1. The lowest BCUT2D eigenvalue weighted by molar-refractivity contribution is -0.385. The molecule has 0 radical (unpaired) electrons. The highest BCUT2D eigenvalue weighted by atomic mass is 35.5. The smallest absolute Gasteiger partial charge is 0.300 e. The van der Waals surface area contributed by atoms with Crippen molar-refractivity contribution in [2.45, 2.75) is 26.4 Å². The van der Waals surface area contributed by atoms with Gasteiger partial charge in [-0.25, -0.2) is 0 Å². The van der Waals surface area contributed by atoms with Gasteiger partial charge in [-0.05, 0) is 24.5 Å². The summed E-state index contributed by atoms with van der Waals surface area (Å²) in [6, 6.07) is 4.18. The molecule has 0 aromatic heterocycles. The maximum absolute atomic E-state index is 11.9. The molecule has 110 valence electrons. The van der Waals surface area contributed by atoms with Crippen LogP contribution in [0.15, 0.2) is 18.2 Å². The number of nitro groups is 1. The van der Waals surface area contributed by atoms with Crippen LogP contribution >= 0.6 is 11.6 Å². The van der Waals surface area contributed by atoms with Crippen molar-refractivity contribution in [1.82, 2.24) is 5.32 Å². The Kier molecular flexibility index (Phi) is 5.91. The van der Waals surface area contributed by atoms with Crippen LogP contribution in [0.25, 0.3) is 0 Å². The number of halogens is 1. The van der Waals surface area contributed by atoms with Crippen LogP contribution in [0.3, 0.4) is 0 Å². The average Bonchev–Trinajstić information content (AvgIpc) is 2.37. The SMILES string of the molecule is CC(C)C(O)CCNC(=O)c1cccc(Cl)c1[N+](=O)[O-]. The second-order valence-electron chi connectivity index (χ2n) is 4.75. The molecule has 1 aromatic rings. The molecule has 1 aromatic carbocycles. The van der Waals surface area contributed by atoms with Crippen molar-refractivity contribution in [3.63, 3.8) is 0 Å². The van der Waals surface area contributed by atoms with E-state index in [9.17, 15) is 20.0 Å². The summed E-state index contributed by atoms with van der Waals surface area (Å²) in [4.78, 5) is 22.2. The molecule has 0 saturated carbocycles. The molecule has 1 atom stereocenters. The largest absolute Gasteiger partial charge is 0.393 e. The lowest BCUT2D eigenvalue weighted by Crippen LogP contribution is -2.29. The van der Waals surface area contributed by atoms with E-state index in [0.29, 0.717) is 6.42 Å². The van der Waals surface area contributed by atoms with Gasteiger partial charge in [0, 0.05) is 6.54 Å². The topological polar surface area (TPSA) is 92.5 Å². The number of hydrogen-bond acceptors (Lipinski definition) is 4. The Bertz CT molecular complexity index is 505. The maximum Gasteiger partial charge on any atom is 0.300 e. The van der Waals surface area contributed by atoms with E-state index < -0.39 is 22.6 Å². The molecular weight excluding hydrogens is 284 g/mol. The third kappa shape index (κ3) is 4.18. The number of carbonyl (C=O) groups is 1. The molecule has 1 rings (SSSR count). The number of carbonyl (C=O) groups excluding carboxylic acids is 1. The molecule has 20 heavy (non-hydrogen) atoms. The number of nitrogens with zero attached hydrogens (tertiary/aromatic N) is 1. The van der Waals surface area contributed by atoms with E-state index >= 15 is 0 Å². The van der Waals surface area contributed by atoms with E-state index in [4.69, 9.17) is 11.6 Å². The fourth-order valence-electron chi connectivity index (χ4n) is 1.65. The first-order valence-corrected chi connectivity index (χ1v) is 6.61. The van der Waals surface area contributed by atoms with Gasteiger partial charge in [0.15, 0.2) is 0 Å². The number of nitro benzene ring substituents is 1. The van der Waals surface area contributed by atoms with Crippen LogP contribution in [0.2, 0.25) is 5.02 Å². The highest BCUT2D eigenvalue weighted by molar-refractivity contribution is 6.33. The van der Waals surface area contributed by atoms with Crippen molar-refractivity contribution in [2.24, 2.45) is 5.92 Å². The van der Waals surface area contributed by atoms with Crippen molar-refractivity contribution in [3.8, 4) is 0 Å². The van der Waals surface area contributed by atoms with E-state index in [1.165, 1.54) is 18.2 Å². The minimum atomic E-state index is -0.680. The summed E-state index contributed by atoms with van der Waals surface area (Å²) in [5.41, 5.74) is -0.488. The van der Waals surface area contributed by atoms with Crippen molar-refractivity contribution >= 4 is 23.2 Å². The van der Waals surface area contributed by atoms with E-state index in [1.807, 2.05) is 13.8 Å². The number of rotatable bonds is 6. The van der Waals surface area contributed by atoms with Crippen molar-refractivity contribution < 1.29 is 14.8 Å². The van der Waals surface area contributed by atoms with E-state index in [1.54, 1.807) is 0 Å². The van der Waals surface area contributed by atoms with Gasteiger partial charge in [-0.1, -0.05) is 31.5 Å². The standard InChI is InChI=1S/C13H17ClN2O4/c1-8(2)11(17)6-7-15-13(18)9-4-3-5-10(14)12(9)16(19)20/h3-5,8,11,17H,6-7H2,1-2H3,(H,15,18). The molecule has 0 aliphatic heterocycles. The van der Waals surface area contributed by atoms with Crippen LogP contribution < -0.4 is 5.32 Å². The van der Waals surface area contributed by atoms with Gasteiger partial charge in [0.25, 0.3) is 5.91 Å². The zero-order chi connectivity index (χ0) is 15.3. The number of para-hydroxylation sites is 1. The number of aliphatic hydroxyl groups is 1. The summed E-state index contributed by atoms with van der Waals surface area (Å²) in [6.45, 7) is 3.98. The third-order valence-corrected chi connectivity index (χ3v) is 3.21. The minimum Gasteiger partial charge on any atom is -0.393 e. The summed E-state index contributed by atoms with van der Waals surface area (Å²) in [6.07, 6.45) is -0.137. The quantitative estimate of drug-likeness (QED) is 0.623. The molecule has 1 amide bonds. The van der Waals surface area contributed by atoms with Crippen molar-refractivity contribution in [1.29, 1.82) is 0 Å². The van der Waals surface area contributed by atoms with Crippen LogP contribution in [0.4, 0.5) is 5.69 Å². The summed E-state index contributed by atoms with van der Waals surface area (Å²) in [5, 5.41) is 23.0. The van der Waals surface area contributed by atoms with Gasteiger partial charge in [0.1, 0.15) is 10.6 Å². The fraction of sp³-hybridized carbons (Fsp3) is 0.462. The fourth-order valence-corrected chi connectivity index (χ4v) is 1.89. The Morgan fingerprint density at radius 1 is 1.50 bits per heavy atom. The molecule has 0 bridgehead atoms. The van der Waals surface area contributed by atoms with Gasteiger partial charge in [0.2, 0.25) is 0 Å². The summed E-state index contributed by atoms with van der Waals surface area (Å²) in [5.74, 6) is -0.484. The van der Waals surface area contributed by atoms with E-state index in [-0.39, 0.29) is 23.0 Å². The molecule has 0 saturated heterocycles. The van der Waals surface area contributed by atoms with Gasteiger partial charge < -0.3 is 10.4 Å². The lowest BCUT2D eigenvalue weighted by Gasteiger charge is -2.14. The summed E-state index contributed by atoms with van der Waals surface area (Å²) in [7, 11) is 0. The molecule has 6 nitrogen and oxygen atoms in total. The summed E-state index contributed by atoms with van der Waals surface area (Å²) < 4.78 is 0. The van der Waals surface area contributed by atoms with E-state index in [2.05, 4.69) is 5.32 Å². The zero-order valence-electron chi connectivity index (χ0n) is 11.3. The maximum atomic E-state index is 11.9. The molecule has 7 heteroatoms. The first kappa shape index (κ1) is 16.4. The predicted octanol–water partition coefficient (Wildman–Crippen LogP) is 2.39. The van der Waals surface area contributed by atoms with E-state index in [0.717, 1.165) is 0 Å². The zero-order valence-corrected chi connectivity index (χ0v) is 12.1. The van der Waals surface area contributed by atoms with Crippen molar-refractivity contribution in [2.75, 3.05) is 6.54 Å². The van der Waals surface area contributed by atoms with Crippen LogP contribution in [-0.2, 0) is 0 Å². The number of benzene rings is 1. The molecular formula is C13H17ClN2O4. The molecule has 0 fully saturated rings. The first-order valence-electron chi connectivity index (χ1n) is 6.23. The van der Waals surface area contributed by atoms with Crippen LogP contribution in [-0.4, -0.2) is 28.6 Å². The Morgan fingerprint density at radius 2 is 2.15 bits per heavy atom. The van der Waals surface area contributed by atoms with Gasteiger partial charge in [-0.15, -0.1) is 0 Å². The second kappa shape index (κ2) is 7.21. The monoisotopic (exact) mass is 300 g/mol. The average molecular weight is 301 g/mol. The van der Waals surface area contributed by atoms with Crippen LogP contribution in [0, 0.1) is 16.0 Å². The molecule has 0 aliphatic rings. The second-order valence-corrected chi connectivity index (χ2v) is 5.16. The normalized spacial score (nSPS) is 12.2. The van der Waals surface area contributed by atoms with Gasteiger partial charge in [-0.2, -0.15) is 0 Å². The molecule has 1 unspecified atom stereocenters. The van der Waals surface area contributed by atoms with Gasteiger partial charge in [-0.3, -0.25) is 14.9 Å². The Morgan fingerprint density at radius 3 is 2.70 bits per heavy atom. The van der Waals surface area contributed by atoms with Gasteiger partial charge >= 0.3 is 5.69 Å². The van der Waals surface area contributed by atoms with Crippen LogP contribution in [0.1, 0.15) is 30.6 Å². The Labute approximate surface area is 121 Å². The molecule has 0 heterocycles. The highest BCUT2D eigenvalue weighted by Crippen LogP contribution is 2.27. The number of nitrogens with one attached hydrogen (secondary N) is 1. The molecule has 2 N–H and O–H groups in total. The van der Waals surface area contributed by atoms with Crippen molar-refractivity contribution in [3.05, 3.63) is 38.9 Å². The highest BCUT2D eigenvalue weighted by Gasteiger charge is 2.23. The first-order chi connectivity index (χ1) is 9.34. The number of aliphatic hydroxyl groups excluding tert-OH is 1. The molecule has 0 spiro atoms. The molecule has 0 aliphatic carbocycles.